The van der Waals surface area contributed by atoms with Crippen molar-refractivity contribution < 1.29 is 0 Å². The highest BCUT2D eigenvalue weighted by molar-refractivity contribution is 7.09. The number of nitrogen functional groups attached to an aromatic ring is 1. The lowest BCUT2D eigenvalue weighted by Crippen LogP contribution is -2.13. The normalized spacial score (nSPS) is 10.6. The van der Waals surface area contributed by atoms with Crippen molar-refractivity contribution in [3.05, 3.63) is 35.0 Å². The maximum absolute atomic E-state index is 5.68. The van der Waals surface area contributed by atoms with Crippen molar-refractivity contribution in [3.63, 3.8) is 0 Å². The highest BCUT2D eigenvalue weighted by atomic mass is 32.1. The summed E-state index contributed by atoms with van der Waals surface area (Å²) in [6.07, 6.45) is 5.99. The third-order valence-electron chi connectivity index (χ3n) is 2.46. The predicted octanol–water partition coefficient (Wildman–Crippen LogP) is 0.751. The van der Waals surface area contributed by atoms with Gasteiger partial charge in [-0.05, 0) is 6.07 Å². The molecule has 0 atom stereocenters. The van der Waals surface area contributed by atoms with E-state index in [0.717, 1.165) is 11.4 Å². The SMILES string of the molecule is Nc1nc(NCCc2nccs2)nc(-n2cccn2)n1. The van der Waals surface area contributed by atoms with Gasteiger partial charge in [0, 0.05) is 36.9 Å². The number of hydrogen-bond donors (Lipinski definition) is 2. The molecule has 0 aromatic carbocycles. The molecule has 3 heterocycles. The van der Waals surface area contributed by atoms with E-state index in [0.29, 0.717) is 18.4 Å². The Kier molecular flexibility index (Phi) is 3.50. The fraction of sp³-hybridized carbons (Fsp3) is 0.182. The fourth-order valence-corrected chi connectivity index (χ4v) is 2.23. The van der Waals surface area contributed by atoms with Gasteiger partial charge in [0.2, 0.25) is 11.9 Å². The summed E-state index contributed by atoms with van der Waals surface area (Å²) in [5.41, 5.74) is 5.68. The predicted molar refractivity (Wildman–Crippen MR) is 75.7 cm³/mol. The summed E-state index contributed by atoms with van der Waals surface area (Å²) >= 11 is 1.62. The first-order valence-corrected chi connectivity index (χ1v) is 6.83. The Balaban J connectivity index is 1.70. The van der Waals surface area contributed by atoms with Crippen LogP contribution in [0.1, 0.15) is 5.01 Å². The first-order valence-electron chi connectivity index (χ1n) is 5.95. The Morgan fingerprint density at radius 3 is 2.95 bits per heavy atom. The number of nitrogens with two attached hydrogens (primary N) is 1. The zero-order valence-electron chi connectivity index (χ0n) is 10.5. The minimum Gasteiger partial charge on any atom is -0.368 e. The number of anilines is 2. The molecule has 102 valence electrons. The van der Waals surface area contributed by atoms with E-state index in [2.05, 4.69) is 30.4 Å². The van der Waals surface area contributed by atoms with Crippen molar-refractivity contribution in [3.8, 4) is 5.95 Å². The van der Waals surface area contributed by atoms with Gasteiger partial charge < -0.3 is 11.1 Å². The summed E-state index contributed by atoms with van der Waals surface area (Å²) in [5, 5.41) is 10.2. The Hall–Kier alpha value is -2.55. The van der Waals surface area contributed by atoms with E-state index in [-0.39, 0.29) is 5.95 Å². The van der Waals surface area contributed by atoms with E-state index in [1.165, 1.54) is 4.68 Å². The van der Waals surface area contributed by atoms with E-state index in [1.807, 2.05) is 5.38 Å². The van der Waals surface area contributed by atoms with E-state index >= 15 is 0 Å². The van der Waals surface area contributed by atoms with E-state index in [9.17, 15) is 0 Å². The number of nitrogens with zero attached hydrogens (tertiary/aromatic N) is 6. The Morgan fingerprint density at radius 2 is 2.20 bits per heavy atom. The lowest BCUT2D eigenvalue weighted by atomic mass is 10.4. The molecule has 0 amide bonds. The molecule has 3 rings (SSSR count). The molecule has 3 aromatic heterocycles. The minimum atomic E-state index is 0.155. The summed E-state index contributed by atoms with van der Waals surface area (Å²) in [6, 6.07) is 1.79. The summed E-state index contributed by atoms with van der Waals surface area (Å²) in [5.74, 6) is 0.973. The molecule has 3 aromatic rings. The average Bonchev–Trinajstić information content (AvgIpc) is 3.11. The number of rotatable bonds is 5. The van der Waals surface area contributed by atoms with Gasteiger partial charge in [0.1, 0.15) is 0 Å². The molecule has 0 spiro atoms. The fourth-order valence-electron chi connectivity index (χ4n) is 1.61. The second-order valence-corrected chi connectivity index (χ2v) is 4.85. The summed E-state index contributed by atoms with van der Waals surface area (Å²) < 4.78 is 1.53. The molecule has 0 aliphatic carbocycles. The highest BCUT2D eigenvalue weighted by Crippen LogP contribution is 2.08. The van der Waals surface area contributed by atoms with Crippen molar-refractivity contribution in [1.82, 2.24) is 29.7 Å². The molecule has 0 fully saturated rings. The molecule has 0 saturated heterocycles. The molecular formula is C11H12N8S. The van der Waals surface area contributed by atoms with Crippen molar-refractivity contribution >= 4 is 23.2 Å². The average molecular weight is 288 g/mol. The van der Waals surface area contributed by atoms with Gasteiger partial charge in [-0.3, -0.25) is 0 Å². The largest absolute Gasteiger partial charge is 0.368 e. The van der Waals surface area contributed by atoms with Crippen LogP contribution in [0, 0.1) is 0 Å². The Bertz CT molecular complexity index is 664. The summed E-state index contributed by atoms with van der Waals surface area (Å²) in [4.78, 5) is 16.6. The number of nitrogens with one attached hydrogen (secondary N) is 1. The summed E-state index contributed by atoms with van der Waals surface area (Å²) in [6.45, 7) is 0.676. The van der Waals surface area contributed by atoms with Crippen molar-refractivity contribution in [1.29, 1.82) is 0 Å². The third kappa shape index (κ3) is 2.88. The third-order valence-corrected chi connectivity index (χ3v) is 3.30. The minimum absolute atomic E-state index is 0.155. The second-order valence-electron chi connectivity index (χ2n) is 3.87. The molecule has 8 nitrogen and oxygen atoms in total. The number of hydrogen-bond acceptors (Lipinski definition) is 8. The lowest BCUT2D eigenvalue weighted by Gasteiger charge is -2.06. The zero-order chi connectivity index (χ0) is 13.8. The summed E-state index contributed by atoms with van der Waals surface area (Å²) in [7, 11) is 0. The van der Waals surface area contributed by atoms with Crippen molar-refractivity contribution in [2.24, 2.45) is 0 Å². The van der Waals surface area contributed by atoms with Gasteiger partial charge in [0.05, 0.1) is 5.01 Å². The van der Waals surface area contributed by atoms with E-state index in [4.69, 9.17) is 5.73 Å². The Labute approximate surface area is 118 Å². The van der Waals surface area contributed by atoms with Gasteiger partial charge in [-0.1, -0.05) is 0 Å². The zero-order valence-corrected chi connectivity index (χ0v) is 11.3. The molecule has 3 N–H and O–H groups in total. The highest BCUT2D eigenvalue weighted by Gasteiger charge is 2.06. The monoisotopic (exact) mass is 288 g/mol. The molecule has 0 unspecified atom stereocenters. The lowest BCUT2D eigenvalue weighted by molar-refractivity contribution is 0.798. The molecule has 9 heteroatoms. The maximum Gasteiger partial charge on any atom is 0.257 e. The van der Waals surface area contributed by atoms with Crippen LogP contribution in [0.5, 0.6) is 0 Å². The van der Waals surface area contributed by atoms with Gasteiger partial charge in [0.15, 0.2) is 0 Å². The van der Waals surface area contributed by atoms with Crippen LogP contribution in [0.3, 0.4) is 0 Å². The van der Waals surface area contributed by atoms with Crippen molar-refractivity contribution in [2.75, 3.05) is 17.6 Å². The molecule has 0 saturated carbocycles. The molecule has 20 heavy (non-hydrogen) atoms. The molecule has 0 radical (unpaired) electrons. The molecule has 0 aliphatic heterocycles. The molecule has 0 aliphatic rings. The quantitative estimate of drug-likeness (QED) is 0.713. The van der Waals surface area contributed by atoms with Crippen LogP contribution >= 0.6 is 11.3 Å². The number of thiazole rings is 1. The Morgan fingerprint density at radius 1 is 1.25 bits per heavy atom. The van der Waals surface area contributed by atoms with Gasteiger partial charge in [-0.2, -0.15) is 20.1 Å². The van der Waals surface area contributed by atoms with E-state index in [1.54, 1.807) is 36.0 Å². The van der Waals surface area contributed by atoms with Crippen molar-refractivity contribution in [2.45, 2.75) is 6.42 Å². The molecule has 0 bridgehead atoms. The second kappa shape index (κ2) is 5.61. The van der Waals surface area contributed by atoms with Gasteiger partial charge >= 0.3 is 0 Å². The van der Waals surface area contributed by atoms with Crippen LogP contribution in [0.15, 0.2) is 30.0 Å². The smallest absolute Gasteiger partial charge is 0.257 e. The van der Waals surface area contributed by atoms with Crippen LogP contribution in [-0.4, -0.2) is 36.3 Å². The van der Waals surface area contributed by atoms with Crippen LogP contribution in [0.2, 0.25) is 0 Å². The topological polar surface area (TPSA) is 107 Å². The van der Waals surface area contributed by atoms with Gasteiger partial charge in [0.25, 0.3) is 5.95 Å². The first-order chi connectivity index (χ1) is 9.81. The van der Waals surface area contributed by atoms with Crippen LogP contribution in [0.25, 0.3) is 5.95 Å². The van der Waals surface area contributed by atoms with Gasteiger partial charge in [-0.25, -0.2) is 9.67 Å². The van der Waals surface area contributed by atoms with Crippen LogP contribution < -0.4 is 11.1 Å². The first kappa shape index (κ1) is 12.5. The van der Waals surface area contributed by atoms with E-state index < -0.39 is 0 Å². The maximum atomic E-state index is 5.68. The van der Waals surface area contributed by atoms with Crippen LogP contribution in [0.4, 0.5) is 11.9 Å². The molecular weight excluding hydrogens is 276 g/mol. The number of aromatic nitrogens is 6. The van der Waals surface area contributed by atoms with Gasteiger partial charge in [-0.15, -0.1) is 11.3 Å². The standard InChI is InChI=1S/C11H12N8S/c12-9-16-10(14-4-2-8-13-5-7-20-8)18-11(17-9)19-6-1-3-15-19/h1,3,5-7H,2,4H2,(H3,12,14,16,17,18). The van der Waals surface area contributed by atoms with Crippen LogP contribution in [-0.2, 0) is 6.42 Å².